The van der Waals surface area contributed by atoms with Crippen molar-refractivity contribution < 1.29 is 4.39 Å². The van der Waals surface area contributed by atoms with Gasteiger partial charge in [-0.1, -0.05) is 64.0 Å². The topological polar surface area (TPSA) is 12.0 Å². The quantitative estimate of drug-likeness (QED) is 0.474. The first kappa shape index (κ1) is 18.2. The van der Waals surface area contributed by atoms with Gasteiger partial charge in [-0.05, 0) is 50.0 Å². The molecule has 0 atom stereocenters. The summed E-state index contributed by atoms with van der Waals surface area (Å²) in [6, 6.07) is 6.86. The lowest BCUT2D eigenvalue weighted by Crippen LogP contribution is -2.17. The Balaban J connectivity index is 1.81. The van der Waals surface area contributed by atoms with Crippen molar-refractivity contribution in [1.82, 2.24) is 5.32 Å². The predicted octanol–water partition coefficient (Wildman–Crippen LogP) is 5.49. The lowest BCUT2D eigenvalue weighted by Gasteiger charge is -2.05. The maximum absolute atomic E-state index is 12.8. The van der Waals surface area contributed by atoms with Crippen molar-refractivity contribution >= 4 is 0 Å². The van der Waals surface area contributed by atoms with Crippen LogP contribution in [-0.2, 0) is 6.42 Å². The van der Waals surface area contributed by atoms with Crippen molar-refractivity contribution in [3.05, 3.63) is 35.6 Å². The van der Waals surface area contributed by atoms with Crippen molar-refractivity contribution in [3.63, 3.8) is 0 Å². The summed E-state index contributed by atoms with van der Waals surface area (Å²) >= 11 is 0. The summed E-state index contributed by atoms with van der Waals surface area (Å²) in [5.41, 5.74) is 1.23. The van der Waals surface area contributed by atoms with Gasteiger partial charge in [-0.25, -0.2) is 4.39 Å². The SMILES string of the molecule is CCCCCCCCCCNCCCc1ccc(F)cc1. The largest absolute Gasteiger partial charge is 0.317 e. The standard InChI is InChI=1S/C19H32FN/c1-2-3-4-5-6-7-8-9-16-21-17-10-11-18-12-14-19(20)15-13-18/h12-15,21H,2-11,16-17H2,1H3. The molecule has 1 rings (SSSR count). The Labute approximate surface area is 130 Å². The molecule has 0 saturated carbocycles. The van der Waals surface area contributed by atoms with E-state index in [1.165, 1.54) is 56.9 Å². The third kappa shape index (κ3) is 10.5. The first-order valence-electron chi connectivity index (χ1n) is 8.78. The van der Waals surface area contributed by atoms with Crippen molar-refractivity contribution in [1.29, 1.82) is 0 Å². The van der Waals surface area contributed by atoms with E-state index in [1.807, 2.05) is 12.1 Å². The predicted molar refractivity (Wildman–Crippen MR) is 90.2 cm³/mol. The van der Waals surface area contributed by atoms with E-state index in [2.05, 4.69) is 12.2 Å². The Morgan fingerprint density at radius 1 is 0.762 bits per heavy atom. The van der Waals surface area contributed by atoms with Gasteiger partial charge < -0.3 is 5.32 Å². The van der Waals surface area contributed by atoms with E-state index in [0.717, 1.165) is 25.9 Å². The zero-order chi connectivity index (χ0) is 15.2. The molecule has 0 aliphatic rings. The van der Waals surface area contributed by atoms with Crippen LogP contribution in [0.25, 0.3) is 0 Å². The third-order valence-electron chi connectivity index (χ3n) is 3.94. The van der Waals surface area contributed by atoms with Crippen molar-refractivity contribution in [3.8, 4) is 0 Å². The number of unbranched alkanes of at least 4 members (excludes halogenated alkanes) is 7. The second-order valence-corrected chi connectivity index (χ2v) is 5.95. The van der Waals surface area contributed by atoms with Crippen LogP contribution in [0.3, 0.4) is 0 Å². The van der Waals surface area contributed by atoms with Crippen LogP contribution in [0, 0.1) is 5.82 Å². The van der Waals surface area contributed by atoms with Crippen LogP contribution in [0.5, 0.6) is 0 Å². The smallest absolute Gasteiger partial charge is 0.123 e. The summed E-state index contributed by atoms with van der Waals surface area (Å²) in [5, 5.41) is 3.50. The van der Waals surface area contributed by atoms with E-state index < -0.39 is 0 Å². The summed E-state index contributed by atoms with van der Waals surface area (Å²) in [6.45, 7) is 4.47. The van der Waals surface area contributed by atoms with Gasteiger partial charge in [-0.3, -0.25) is 0 Å². The Bertz CT molecular complexity index is 334. The third-order valence-corrected chi connectivity index (χ3v) is 3.94. The molecule has 120 valence electrons. The Kier molecular flexibility index (Phi) is 11.1. The summed E-state index contributed by atoms with van der Waals surface area (Å²) < 4.78 is 12.8. The molecule has 0 heterocycles. The average Bonchev–Trinajstić information content (AvgIpc) is 2.50. The van der Waals surface area contributed by atoms with Gasteiger partial charge in [-0.2, -0.15) is 0 Å². The fraction of sp³-hybridized carbons (Fsp3) is 0.684. The molecule has 21 heavy (non-hydrogen) atoms. The first-order chi connectivity index (χ1) is 10.3. The molecule has 0 bridgehead atoms. The maximum Gasteiger partial charge on any atom is 0.123 e. The molecule has 0 fully saturated rings. The van der Waals surface area contributed by atoms with E-state index >= 15 is 0 Å². The van der Waals surface area contributed by atoms with Crippen molar-refractivity contribution in [2.24, 2.45) is 0 Å². The highest BCUT2D eigenvalue weighted by Gasteiger charge is 1.95. The Hall–Kier alpha value is -0.890. The molecule has 1 aromatic carbocycles. The van der Waals surface area contributed by atoms with Crippen LogP contribution in [0.15, 0.2) is 24.3 Å². The summed E-state index contributed by atoms with van der Waals surface area (Å²) in [6.07, 6.45) is 13.2. The Morgan fingerprint density at radius 2 is 1.33 bits per heavy atom. The van der Waals surface area contributed by atoms with Gasteiger partial charge in [0.2, 0.25) is 0 Å². The fourth-order valence-electron chi connectivity index (χ4n) is 2.58. The summed E-state index contributed by atoms with van der Waals surface area (Å²) in [5.74, 6) is -0.147. The number of aryl methyl sites for hydroxylation is 1. The fourth-order valence-corrected chi connectivity index (χ4v) is 2.58. The molecule has 0 spiro atoms. The van der Waals surface area contributed by atoms with Crippen molar-refractivity contribution in [2.75, 3.05) is 13.1 Å². The van der Waals surface area contributed by atoms with Gasteiger partial charge in [0.1, 0.15) is 5.82 Å². The van der Waals surface area contributed by atoms with E-state index in [-0.39, 0.29) is 5.82 Å². The monoisotopic (exact) mass is 293 g/mol. The number of hydrogen-bond acceptors (Lipinski definition) is 1. The molecule has 1 nitrogen and oxygen atoms in total. The zero-order valence-corrected chi connectivity index (χ0v) is 13.7. The highest BCUT2D eigenvalue weighted by Crippen LogP contribution is 2.08. The van der Waals surface area contributed by atoms with Gasteiger partial charge >= 0.3 is 0 Å². The lowest BCUT2D eigenvalue weighted by atomic mass is 10.1. The number of nitrogens with one attached hydrogen (secondary N) is 1. The second kappa shape index (κ2) is 12.8. The minimum atomic E-state index is -0.147. The molecule has 2 heteroatoms. The van der Waals surface area contributed by atoms with Gasteiger partial charge in [0.25, 0.3) is 0 Å². The van der Waals surface area contributed by atoms with Crippen LogP contribution >= 0.6 is 0 Å². The number of benzene rings is 1. The highest BCUT2D eigenvalue weighted by molar-refractivity contribution is 5.15. The molecular weight excluding hydrogens is 261 g/mol. The molecule has 0 aromatic heterocycles. The van der Waals surface area contributed by atoms with Gasteiger partial charge in [-0.15, -0.1) is 0 Å². The van der Waals surface area contributed by atoms with Crippen molar-refractivity contribution in [2.45, 2.75) is 71.1 Å². The lowest BCUT2D eigenvalue weighted by molar-refractivity contribution is 0.551. The number of rotatable bonds is 13. The van der Waals surface area contributed by atoms with Crippen LogP contribution < -0.4 is 5.32 Å². The van der Waals surface area contributed by atoms with Gasteiger partial charge in [0, 0.05) is 0 Å². The summed E-state index contributed by atoms with van der Waals surface area (Å²) in [4.78, 5) is 0. The van der Waals surface area contributed by atoms with E-state index in [0.29, 0.717) is 0 Å². The molecule has 1 aromatic rings. The first-order valence-corrected chi connectivity index (χ1v) is 8.78. The molecule has 0 unspecified atom stereocenters. The molecule has 0 radical (unpaired) electrons. The molecule has 0 aliphatic carbocycles. The van der Waals surface area contributed by atoms with Crippen LogP contribution in [0.1, 0.15) is 70.3 Å². The van der Waals surface area contributed by atoms with E-state index in [4.69, 9.17) is 0 Å². The van der Waals surface area contributed by atoms with E-state index in [1.54, 1.807) is 12.1 Å². The van der Waals surface area contributed by atoms with E-state index in [9.17, 15) is 4.39 Å². The van der Waals surface area contributed by atoms with Gasteiger partial charge in [0.05, 0.1) is 0 Å². The number of halogens is 1. The molecular formula is C19H32FN. The molecule has 0 aliphatic heterocycles. The van der Waals surface area contributed by atoms with Gasteiger partial charge in [0.15, 0.2) is 0 Å². The Morgan fingerprint density at radius 3 is 2.00 bits per heavy atom. The normalized spacial score (nSPS) is 11.0. The summed E-state index contributed by atoms with van der Waals surface area (Å²) in [7, 11) is 0. The average molecular weight is 293 g/mol. The molecule has 0 amide bonds. The van der Waals surface area contributed by atoms with Crippen LogP contribution in [0.4, 0.5) is 4.39 Å². The van der Waals surface area contributed by atoms with Crippen LogP contribution in [-0.4, -0.2) is 13.1 Å². The minimum Gasteiger partial charge on any atom is -0.317 e. The highest BCUT2D eigenvalue weighted by atomic mass is 19.1. The molecule has 0 saturated heterocycles. The number of hydrogen-bond donors (Lipinski definition) is 1. The minimum absolute atomic E-state index is 0.147. The zero-order valence-electron chi connectivity index (χ0n) is 13.7. The second-order valence-electron chi connectivity index (χ2n) is 5.95. The van der Waals surface area contributed by atoms with Crippen LogP contribution in [0.2, 0.25) is 0 Å². The molecule has 1 N–H and O–H groups in total. The maximum atomic E-state index is 12.8.